The van der Waals surface area contributed by atoms with E-state index < -0.39 is 64.7 Å². The van der Waals surface area contributed by atoms with Crippen LogP contribution in [0.25, 0.3) is 0 Å². The third kappa shape index (κ3) is 3.98. The molecule has 0 radical (unpaired) electrons. The molecule has 0 bridgehead atoms. The molecule has 3 aromatic carbocycles. The predicted molar refractivity (Wildman–Crippen MR) is 166 cm³/mol. The number of carbonyl (C=O) groups is 5. The van der Waals surface area contributed by atoms with E-state index in [0.29, 0.717) is 32.9 Å². The van der Waals surface area contributed by atoms with Crippen molar-refractivity contribution in [1.29, 1.82) is 0 Å². The minimum Gasteiger partial charge on any atom is -0.507 e. The van der Waals surface area contributed by atoms with Crippen LogP contribution in [0.5, 0.6) is 5.75 Å². The number of rotatable bonds is 4. The first-order chi connectivity index (χ1) is 22.1. The molecule has 5 amide bonds. The fraction of sp³-hybridized carbons (Fsp3) is 0.306. The maximum absolute atomic E-state index is 15.1. The Kier molecular flexibility index (Phi) is 6.84. The monoisotopic (exact) mass is 619 g/mol. The van der Waals surface area contributed by atoms with E-state index in [9.17, 15) is 24.3 Å². The molecule has 2 saturated heterocycles. The zero-order valence-electron chi connectivity index (χ0n) is 25.6. The normalized spacial score (nSPS) is 28.4. The number of allylic oxidation sites excluding steroid dienone is 2. The summed E-state index contributed by atoms with van der Waals surface area (Å²) in [5.74, 6) is -6.53. The van der Waals surface area contributed by atoms with Gasteiger partial charge in [-0.15, -0.1) is 0 Å². The molecule has 6 atom stereocenters. The van der Waals surface area contributed by atoms with Gasteiger partial charge in [-0.2, -0.15) is 9.91 Å². The summed E-state index contributed by atoms with van der Waals surface area (Å²) in [5, 5.41) is 12.7. The SMILES string of the molecule is COC(=O)N1C(=O)C2CC=C3C(CC4C(=O)N(Nc5ccc(C)cc5)C(=O)C4(c4ccccc4)C3c3cccc(C)c3O)C2C1=O. The van der Waals surface area contributed by atoms with Crippen molar-refractivity contribution in [3.8, 4) is 5.75 Å². The smallest absolute Gasteiger partial charge is 0.423 e. The first kappa shape index (κ1) is 29.5. The fourth-order valence-electron chi connectivity index (χ4n) is 8.28. The first-order valence-corrected chi connectivity index (χ1v) is 15.3. The van der Waals surface area contributed by atoms with Gasteiger partial charge in [-0.25, -0.2) is 4.79 Å². The molecule has 46 heavy (non-hydrogen) atoms. The van der Waals surface area contributed by atoms with Crippen molar-refractivity contribution in [3.63, 3.8) is 0 Å². The number of hydrogen-bond donors (Lipinski definition) is 2. The van der Waals surface area contributed by atoms with Crippen LogP contribution in [0.1, 0.15) is 41.0 Å². The number of amides is 5. The number of likely N-dealkylation sites (tertiary alicyclic amines) is 1. The van der Waals surface area contributed by atoms with Gasteiger partial charge in [0.05, 0.1) is 36.0 Å². The highest BCUT2D eigenvalue weighted by Gasteiger charge is 2.71. The maximum Gasteiger partial charge on any atom is 0.423 e. The number of phenolic OH excluding ortho intramolecular Hbond substituents is 1. The molecule has 2 aliphatic carbocycles. The highest BCUT2D eigenvalue weighted by molar-refractivity contribution is 6.16. The number of ether oxygens (including phenoxy) is 1. The Hall–Kier alpha value is -5.25. The van der Waals surface area contributed by atoms with Crippen molar-refractivity contribution in [2.24, 2.45) is 23.7 Å². The average Bonchev–Trinajstić information content (AvgIpc) is 3.44. The molecule has 3 aromatic rings. The molecule has 2 heterocycles. The summed E-state index contributed by atoms with van der Waals surface area (Å²) in [5.41, 5.74) is 5.44. The summed E-state index contributed by atoms with van der Waals surface area (Å²) in [4.78, 5) is 70.0. The summed E-state index contributed by atoms with van der Waals surface area (Å²) in [6.45, 7) is 3.70. The number of hydrogen-bond acceptors (Lipinski definition) is 8. The third-order valence-electron chi connectivity index (χ3n) is 10.3. The van der Waals surface area contributed by atoms with Crippen LogP contribution in [0.4, 0.5) is 10.5 Å². The van der Waals surface area contributed by atoms with E-state index in [1.807, 2.05) is 55.5 Å². The molecule has 2 aliphatic heterocycles. The van der Waals surface area contributed by atoms with Crippen LogP contribution in [0.2, 0.25) is 0 Å². The maximum atomic E-state index is 15.1. The van der Waals surface area contributed by atoms with Gasteiger partial charge in [0.15, 0.2) is 0 Å². The van der Waals surface area contributed by atoms with Crippen LogP contribution in [0.3, 0.4) is 0 Å². The van der Waals surface area contributed by atoms with Crippen molar-refractivity contribution in [3.05, 3.63) is 107 Å². The summed E-state index contributed by atoms with van der Waals surface area (Å²) < 4.78 is 4.77. The lowest BCUT2D eigenvalue weighted by Gasteiger charge is -2.50. The lowest BCUT2D eigenvalue weighted by Crippen LogP contribution is -2.53. The van der Waals surface area contributed by atoms with Gasteiger partial charge in [0, 0.05) is 11.5 Å². The zero-order valence-corrected chi connectivity index (χ0v) is 25.6. The Morgan fingerprint density at radius 3 is 2.30 bits per heavy atom. The summed E-state index contributed by atoms with van der Waals surface area (Å²) >= 11 is 0. The number of anilines is 1. The number of carbonyl (C=O) groups excluding carboxylic acids is 5. The van der Waals surface area contributed by atoms with Crippen LogP contribution in [-0.4, -0.2) is 51.8 Å². The lowest BCUT2D eigenvalue weighted by molar-refractivity contribution is -0.140. The van der Waals surface area contributed by atoms with Crippen LogP contribution >= 0.6 is 0 Å². The Labute approximate surface area is 265 Å². The minimum atomic E-state index is -1.50. The molecule has 7 rings (SSSR count). The largest absolute Gasteiger partial charge is 0.507 e. The van der Waals surface area contributed by atoms with Gasteiger partial charge < -0.3 is 9.84 Å². The number of phenols is 1. The second-order valence-electron chi connectivity index (χ2n) is 12.6. The highest BCUT2D eigenvalue weighted by atomic mass is 16.5. The Bertz CT molecular complexity index is 1840. The summed E-state index contributed by atoms with van der Waals surface area (Å²) in [7, 11) is 1.11. The van der Waals surface area contributed by atoms with Gasteiger partial charge in [0.2, 0.25) is 11.8 Å². The van der Waals surface area contributed by atoms with E-state index in [1.54, 1.807) is 37.3 Å². The van der Waals surface area contributed by atoms with Crippen LogP contribution in [-0.2, 0) is 29.3 Å². The van der Waals surface area contributed by atoms with Gasteiger partial charge in [-0.3, -0.25) is 24.6 Å². The molecule has 6 unspecified atom stereocenters. The predicted octanol–water partition coefficient (Wildman–Crippen LogP) is 4.76. The van der Waals surface area contributed by atoms with Crippen LogP contribution in [0.15, 0.2) is 84.4 Å². The number of aryl methyl sites for hydroxylation is 2. The number of para-hydroxylation sites is 1. The second-order valence-corrected chi connectivity index (χ2v) is 12.6. The molecular weight excluding hydrogens is 586 g/mol. The number of benzene rings is 3. The van der Waals surface area contributed by atoms with Gasteiger partial charge >= 0.3 is 6.09 Å². The Morgan fingerprint density at radius 2 is 1.61 bits per heavy atom. The molecule has 2 N–H and O–H groups in total. The Morgan fingerprint density at radius 1 is 0.891 bits per heavy atom. The minimum absolute atomic E-state index is 0.0135. The van der Waals surface area contributed by atoms with Crippen molar-refractivity contribution < 1.29 is 33.8 Å². The zero-order chi connectivity index (χ0) is 32.5. The number of imide groups is 4. The molecule has 3 fully saturated rings. The standard InChI is InChI=1S/C36H33N3O7/c1-19-12-14-22(15-13-19)37-39-32(42)27-18-26-23(16-17-24-28(26)33(43)38(31(24)41)35(45)46-3)29(25-11-7-8-20(2)30(25)40)36(27,34(39)44)21-9-5-4-6-10-21/h4-16,24,26-29,37,40H,17-18H2,1-3H3. The van der Waals surface area contributed by atoms with Gasteiger partial charge in [0.25, 0.3) is 11.8 Å². The molecule has 10 nitrogen and oxygen atoms in total. The first-order valence-electron chi connectivity index (χ1n) is 15.3. The number of nitrogens with zero attached hydrogens (tertiary/aromatic N) is 2. The quantitative estimate of drug-likeness (QED) is 0.316. The lowest BCUT2D eigenvalue weighted by atomic mass is 9.49. The highest BCUT2D eigenvalue weighted by Crippen LogP contribution is 2.65. The topological polar surface area (TPSA) is 133 Å². The van der Waals surface area contributed by atoms with Crippen LogP contribution < -0.4 is 5.43 Å². The number of fused-ring (bicyclic) bond motifs is 4. The molecule has 4 aliphatic rings. The number of methoxy groups -OCH3 is 1. The fourth-order valence-corrected chi connectivity index (χ4v) is 8.28. The van der Waals surface area contributed by atoms with Crippen molar-refractivity contribution >= 4 is 35.4 Å². The second kappa shape index (κ2) is 10.7. The Balaban J connectivity index is 1.46. The number of aromatic hydroxyl groups is 1. The van der Waals surface area contributed by atoms with E-state index in [-0.39, 0.29) is 18.6 Å². The van der Waals surface area contributed by atoms with Crippen LogP contribution in [0, 0.1) is 37.5 Å². The van der Waals surface area contributed by atoms with E-state index in [0.717, 1.165) is 17.7 Å². The van der Waals surface area contributed by atoms with Crippen molar-refractivity contribution in [1.82, 2.24) is 9.91 Å². The summed E-state index contributed by atoms with van der Waals surface area (Å²) in [6, 6.07) is 21.7. The van der Waals surface area contributed by atoms with E-state index in [4.69, 9.17) is 4.74 Å². The summed E-state index contributed by atoms with van der Waals surface area (Å²) in [6.07, 6.45) is 1.06. The molecule has 1 saturated carbocycles. The third-order valence-corrected chi connectivity index (χ3v) is 10.3. The molecule has 234 valence electrons. The van der Waals surface area contributed by atoms with E-state index in [2.05, 4.69) is 5.43 Å². The molecular formula is C36H33N3O7. The van der Waals surface area contributed by atoms with Crippen molar-refractivity contribution in [2.75, 3.05) is 12.5 Å². The van der Waals surface area contributed by atoms with Gasteiger partial charge in [-0.1, -0.05) is 77.9 Å². The van der Waals surface area contributed by atoms with Gasteiger partial charge in [0.1, 0.15) is 5.75 Å². The molecule has 0 spiro atoms. The number of nitrogens with one attached hydrogen (secondary N) is 1. The molecule has 10 heteroatoms. The molecule has 0 aromatic heterocycles. The van der Waals surface area contributed by atoms with E-state index >= 15 is 4.79 Å². The number of hydrazine groups is 1. The van der Waals surface area contributed by atoms with E-state index in [1.165, 1.54) is 0 Å². The average molecular weight is 620 g/mol. The van der Waals surface area contributed by atoms with Crippen molar-refractivity contribution in [2.45, 2.75) is 38.0 Å². The van der Waals surface area contributed by atoms with Gasteiger partial charge in [-0.05, 0) is 55.9 Å².